The van der Waals surface area contributed by atoms with Gasteiger partial charge in [0.25, 0.3) is 0 Å². The molecule has 3 nitrogen and oxygen atoms in total. The van der Waals surface area contributed by atoms with Gasteiger partial charge in [0.15, 0.2) is 0 Å². The highest BCUT2D eigenvalue weighted by Crippen LogP contribution is 2.53. The van der Waals surface area contributed by atoms with Crippen LogP contribution in [0.3, 0.4) is 0 Å². The molecule has 0 bridgehead atoms. The highest BCUT2D eigenvalue weighted by molar-refractivity contribution is 4.95. The average molecular weight is 316 g/mol. The number of ether oxygens (including phenoxy) is 1. The molecule has 0 amide bonds. The summed E-state index contributed by atoms with van der Waals surface area (Å²) in [7, 11) is 0. The van der Waals surface area contributed by atoms with Gasteiger partial charge in [0, 0.05) is 12.4 Å². The zero-order valence-electron chi connectivity index (χ0n) is 14.7. The Kier molecular flexibility index (Phi) is 5.91. The number of hydrogen-bond acceptors (Lipinski definition) is 3. The van der Waals surface area contributed by atoms with E-state index in [1.165, 1.54) is 70.6 Å². The third-order valence-electron chi connectivity index (χ3n) is 6.51. The van der Waals surface area contributed by atoms with Crippen LogP contribution in [0.15, 0.2) is 18.5 Å². The van der Waals surface area contributed by atoms with Gasteiger partial charge in [0.1, 0.15) is 0 Å². The van der Waals surface area contributed by atoms with E-state index in [1.54, 1.807) is 12.4 Å². The Morgan fingerprint density at radius 3 is 2.52 bits per heavy atom. The smallest absolute Gasteiger partial charge is 0.316 e. The van der Waals surface area contributed by atoms with Gasteiger partial charge in [-0.1, -0.05) is 51.9 Å². The van der Waals surface area contributed by atoms with Crippen LogP contribution < -0.4 is 4.74 Å². The second-order valence-corrected chi connectivity index (χ2v) is 7.60. The van der Waals surface area contributed by atoms with Gasteiger partial charge in [-0.25, -0.2) is 9.97 Å². The predicted octanol–water partition coefficient (Wildman–Crippen LogP) is 5.41. The van der Waals surface area contributed by atoms with Crippen molar-refractivity contribution < 1.29 is 4.74 Å². The van der Waals surface area contributed by atoms with E-state index in [-0.39, 0.29) is 0 Å². The molecule has 2 atom stereocenters. The Morgan fingerprint density at radius 2 is 1.78 bits per heavy atom. The van der Waals surface area contributed by atoms with Crippen molar-refractivity contribution >= 4 is 0 Å². The zero-order valence-corrected chi connectivity index (χ0v) is 14.7. The van der Waals surface area contributed by atoms with Crippen LogP contribution in [0.25, 0.3) is 0 Å². The van der Waals surface area contributed by atoms with E-state index < -0.39 is 0 Å². The molecule has 0 N–H and O–H groups in total. The molecule has 3 rings (SSSR count). The van der Waals surface area contributed by atoms with E-state index in [0.29, 0.717) is 11.4 Å². The van der Waals surface area contributed by atoms with Crippen LogP contribution in [0.4, 0.5) is 0 Å². The summed E-state index contributed by atoms with van der Waals surface area (Å²) < 4.78 is 5.79. The summed E-state index contributed by atoms with van der Waals surface area (Å²) in [6.07, 6.45) is 19.0. The lowest BCUT2D eigenvalue weighted by Gasteiger charge is -2.49. The lowest BCUT2D eigenvalue weighted by atomic mass is 9.57. The molecular weight excluding hydrogens is 284 g/mol. The highest BCUT2D eigenvalue weighted by Gasteiger charge is 2.42. The molecule has 0 aromatic carbocycles. The van der Waals surface area contributed by atoms with Crippen LogP contribution in [0.1, 0.15) is 77.6 Å². The lowest BCUT2D eigenvalue weighted by molar-refractivity contribution is 0.0133. The van der Waals surface area contributed by atoms with Crippen molar-refractivity contribution in [2.45, 2.75) is 77.6 Å². The lowest BCUT2D eigenvalue weighted by Crippen LogP contribution is -2.39. The molecule has 128 valence electrons. The molecule has 2 aliphatic rings. The Morgan fingerprint density at radius 1 is 1.04 bits per heavy atom. The van der Waals surface area contributed by atoms with Crippen molar-refractivity contribution in [3.05, 3.63) is 18.5 Å². The SMILES string of the molecule is CCC1([C@H]2CCCC[C@@H]2CCOc2ncccn2)CCCCC1. The minimum atomic E-state index is 0.530. The van der Waals surface area contributed by atoms with Crippen molar-refractivity contribution in [3.63, 3.8) is 0 Å². The van der Waals surface area contributed by atoms with Crippen molar-refractivity contribution in [1.29, 1.82) is 0 Å². The summed E-state index contributed by atoms with van der Waals surface area (Å²) in [4.78, 5) is 8.33. The normalized spacial score (nSPS) is 27.5. The molecule has 1 aromatic rings. The molecule has 3 heteroatoms. The Balaban J connectivity index is 1.59. The standard InChI is InChI=1S/C20H32N2O/c1-2-20(12-6-3-7-13-20)18-10-5-4-9-17(18)11-16-23-19-21-14-8-15-22-19/h8,14-15,17-18H,2-7,9-13,16H2,1H3/t17-,18+/m1/s1. The number of nitrogens with zero attached hydrogens (tertiary/aromatic N) is 2. The van der Waals surface area contributed by atoms with Crippen molar-refractivity contribution in [2.75, 3.05) is 6.61 Å². The summed E-state index contributed by atoms with van der Waals surface area (Å²) in [5, 5.41) is 0. The van der Waals surface area contributed by atoms with E-state index >= 15 is 0 Å². The summed E-state index contributed by atoms with van der Waals surface area (Å²) in [6.45, 7) is 3.20. The maximum atomic E-state index is 5.79. The quantitative estimate of drug-likeness (QED) is 0.703. The molecule has 2 fully saturated rings. The van der Waals surface area contributed by atoms with Crippen LogP contribution in [0, 0.1) is 17.3 Å². The van der Waals surface area contributed by atoms with Gasteiger partial charge in [-0.05, 0) is 49.0 Å². The molecule has 0 saturated heterocycles. The van der Waals surface area contributed by atoms with Gasteiger partial charge in [-0.15, -0.1) is 0 Å². The maximum Gasteiger partial charge on any atom is 0.316 e. The van der Waals surface area contributed by atoms with Gasteiger partial charge in [-0.3, -0.25) is 0 Å². The number of hydrogen-bond donors (Lipinski definition) is 0. The fraction of sp³-hybridized carbons (Fsp3) is 0.800. The van der Waals surface area contributed by atoms with Gasteiger partial charge < -0.3 is 4.74 Å². The van der Waals surface area contributed by atoms with E-state index in [2.05, 4.69) is 16.9 Å². The van der Waals surface area contributed by atoms with E-state index in [4.69, 9.17) is 4.74 Å². The van der Waals surface area contributed by atoms with Crippen molar-refractivity contribution in [2.24, 2.45) is 17.3 Å². The molecule has 2 aliphatic carbocycles. The molecule has 1 aromatic heterocycles. The second-order valence-electron chi connectivity index (χ2n) is 7.60. The maximum absolute atomic E-state index is 5.79. The van der Waals surface area contributed by atoms with Crippen LogP contribution >= 0.6 is 0 Å². The number of aromatic nitrogens is 2. The first-order valence-electron chi connectivity index (χ1n) is 9.74. The largest absolute Gasteiger partial charge is 0.463 e. The van der Waals surface area contributed by atoms with Crippen LogP contribution in [0.2, 0.25) is 0 Å². The summed E-state index contributed by atoms with van der Waals surface area (Å²) in [5.41, 5.74) is 0.632. The molecule has 0 unspecified atom stereocenters. The summed E-state index contributed by atoms with van der Waals surface area (Å²) in [5.74, 6) is 1.76. The molecular formula is C20H32N2O. The summed E-state index contributed by atoms with van der Waals surface area (Å²) >= 11 is 0. The van der Waals surface area contributed by atoms with Gasteiger partial charge >= 0.3 is 6.01 Å². The first-order valence-corrected chi connectivity index (χ1v) is 9.74. The Bertz CT molecular complexity index is 456. The Labute approximate surface area is 141 Å². The third-order valence-corrected chi connectivity index (χ3v) is 6.51. The predicted molar refractivity (Wildman–Crippen MR) is 93.4 cm³/mol. The first-order chi connectivity index (χ1) is 11.3. The highest BCUT2D eigenvalue weighted by atomic mass is 16.5. The molecule has 0 aliphatic heterocycles. The number of rotatable bonds is 6. The van der Waals surface area contributed by atoms with Gasteiger partial charge in [-0.2, -0.15) is 0 Å². The minimum absolute atomic E-state index is 0.530. The molecule has 23 heavy (non-hydrogen) atoms. The van der Waals surface area contributed by atoms with Crippen LogP contribution in [-0.2, 0) is 0 Å². The van der Waals surface area contributed by atoms with E-state index in [9.17, 15) is 0 Å². The first kappa shape index (κ1) is 16.7. The van der Waals surface area contributed by atoms with E-state index in [1.807, 2.05) is 6.07 Å². The average Bonchev–Trinajstić information content (AvgIpc) is 2.64. The minimum Gasteiger partial charge on any atom is -0.463 e. The summed E-state index contributed by atoms with van der Waals surface area (Å²) in [6, 6.07) is 2.36. The fourth-order valence-corrected chi connectivity index (χ4v) is 5.26. The topological polar surface area (TPSA) is 35.0 Å². The van der Waals surface area contributed by atoms with Crippen molar-refractivity contribution in [1.82, 2.24) is 9.97 Å². The molecule has 0 spiro atoms. The van der Waals surface area contributed by atoms with Crippen molar-refractivity contribution in [3.8, 4) is 6.01 Å². The third kappa shape index (κ3) is 4.05. The van der Waals surface area contributed by atoms with Crippen LogP contribution in [0.5, 0.6) is 6.01 Å². The van der Waals surface area contributed by atoms with Crippen LogP contribution in [-0.4, -0.2) is 16.6 Å². The monoisotopic (exact) mass is 316 g/mol. The fourth-order valence-electron chi connectivity index (χ4n) is 5.26. The zero-order chi connectivity index (χ0) is 16.0. The van der Waals surface area contributed by atoms with Gasteiger partial charge in [0.05, 0.1) is 6.61 Å². The molecule has 1 heterocycles. The molecule has 0 radical (unpaired) electrons. The molecule has 2 saturated carbocycles. The second kappa shape index (κ2) is 8.12. The van der Waals surface area contributed by atoms with E-state index in [0.717, 1.165) is 18.4 Å². The Hall–Kier alpha value is -1.12. The van der Waals surface area contributed by atoms with Gasteiger partial charge in [0.2, 0.25) is 0 Å².